The van der Waals surface area contributed by atoms with E-state index in [1.807, 2.05) is 0 Å². The first-order valence-corrected chi connectivity index (χ1v) is 10.1. The van der Waals surface area contributed by atoms with Crippen molar-refractivity contribution in [1.29, 1.82) is 0 Å². The van der Waals surface area contributed by atoms with E-state index in [-0.39, 0.29) is 17.9 Å². The second-order valence-corrected chi connectivity index (χ2v) is 8.37. The molecule has 0 aliphatic carbocycles. The predicted molar refractivity (Wildman–Crippen MR) is 97.8 cm³/mol. The Morgan fingerprint density at radius 3 is 2.11 bits per heavy atom. The monoisotopic (exact) mass is 391 g/mol. The molecule has 0 saturated carbocycles. The van der Waals surface area contributed by atoms with Gasteiger partial charge >= 0.3 is 0 Å². The first-order chi connectivity index (χ1) is 12.9. The van der Waals surface area contributed by atoms with Crippen LogP contribution >= 0.6 is 0 Å². The molecule has 1 fully saturated rings. The van der Waals surface area contributed by atoms with Gasteiger partial charge in [-0.25, -0.2) is 13.5 Å². The van der Waals surface area contributed by atoms with E-state index in [0.717, 1.165) is 0 Å². The first-order valence-electron chi connectivity index (χ1n) is 8.58. The Kier molecular flexibility index (Phi) is 5.67. The third-order valence-electron chi connectivity index (χ3n) is 4.44. The van der Waals surface area contributed by atoms with E-state index in [1.54, 1.807) is 31.4 Å². The fourth-order valence-corrected chi connectivity index (χ4v) is 4.63. The third-order valence-corrected chi connectivity index (χ3v) is 6.55. The predicted octanol–water partition coefficient (Wildman–Crippen LogP) is 3.03. The minimum Gasteiger partial charge on any atom is -0.497 e. The average molecular weight is 391 g/mol. The lowest BCUT2D eigenvalue weighted by Gasteiger charge is -2.18. The van der Waals surface area contributed by atoms with Gasteiger partial charge in [-0.05, 0) is 67.8 Å². The summed E-state index contributed by atoms with van der Waals surface area (Å²) in [6.45, 7) is 0.152. The lowest BCUT2D eigenvalue weighted by molar-refractivity contribution is -0.163. The highest BCUT2D eigenvalue weighted by Gasteiger charge is 2.37. The van der Waals surface area contributed by atoms with Crippen LogP contribution in [0.4, 0.5) is 0 Å². The van der Waals surface area contributed by atoms with E-state index in [2.05, 4.69) is 0 Å². The molecule has 144 valence electrons. The van der Waals surface area contributed by atoms with Crippen molar-refractivity contribution < 1.29 is 27.9 Å². The Morgan fingerprint density at radius 2 is 1.52 bits per heavy atom. The highest BCUT2D eigenvalue weighted by atomic mass is 32.2. The molecule has 2 aromatic carbocycles. The van der Waals surface area contributed by atoms with Gasteiger partial charge in [-0.2, -0.15) is 0 Å². The highest BCUT2D eigenvalue weighted by Crippen LogP contribution is 2.28. The van der Waals surface area contributed by atoms with Crippen molar-refractivity contribution in [3.63, 3.8) is 0 Å². The quantitative estimate of drug-likeness (QED) is 0.788. The van der Waals surface area contributed by atoms with Gasteiger partial charge in [0.05, 0.1) is 12.0 Å². The molecule has 1 amide bonds. The van der Waals surface area contributed by atoms with Crippen LogP contribution in [0.3, 0.4) is 0 Å². The second-order valence-electron chi connectivity index (χ2n) is 6.24. The van der Waals surface area contributed by atoms with Crippen LogP contribution in [-0.2, 0) is 14.6 Å². The number of carbonyl (C=O) groups excluding carboxylic acids is 1. The summed E-state index contributed by atoms with van der Waals surface area (Å²) in [5.74, 6) is 0.984. The van der Waals surface area contributed by atoms with Gasteiger partial charge in [-0.3, -0.25) is 10.0 Å². The largest absolute Gasteiger partial charge is 0.497 e. The number of rotatable bonds is 5. The van der Waals surface area contributed by atoms with Gasteiger partial charge in [0.25, 0.3) is 5.91 Å². The minimum absolute atomic E-state index is 0.0261. The van der Waals surface area contributed by atoms with Crippen LogP contribution in [0.25, 0.3) is 0 Å². The third kappa shape index (κ3) is 4.23. The van der Waals surface area contributed by atoms with Crippen LogP contribution in [0.15, 0.2) is 53.4 Å². The first kappa shape index (κ1) is 19.2. The van der Waals surface area contributed by atoms with Crippen molar-refractivity contribution in [1.82, 2.24) is 5.06 Å². The van der Waals surface area contributed by atoms with Gasteiger partial charge < -0.3 is 9.47 Å². The Morgan fingerprint density at radius 1 is 0.963 bits per heavy atom. The maximum Gasteiger partial charge on any atom is 0.264 e. The van der Waals surface area contributed by atoms with Crippen molar-refractivity contribution in [2.45, 2.75) is 29.4 Å². The molecule has 1 atom stereocenters. The number of carbonyl (C=O) groups is 1. The van der Waals surface area contributed by atoms with E-state index >= 15 is 0 Å². The molecule has 27 heavy (non-hydrogen) atoms. The van der Waals surface area contributed by atoms with E-state index in [1.165, 1.54) is 24.3 Å². The van der Waals surface area contributed by atoms with E-state index in [4.69, 9.17) is 9.47 Å². The van der Waals surface area contributed by atoms with E-state index in [9.17, 15) is 18.4 Å². The molecule has 3 rings (SSSR count). The topological polar surface area (TPSA) is 93.1 Å². The van der Waals surface area contributed by atoms with Crippen LogP contribution in [0.2, 0.25) is 0 Å². The molecule has 0 bridgehead atoms. The number of benzene rings is 2. The number of amides is 1. The second kappa shape index (κ2) is 7.98. The Labute approximate surface area is 158 Å². The Balaban J connectivity index is 1.77. The highest BCUT2D eigenvalue weighted by molar-refractivity contribution is 7.92. The molecule has 0 radical (unpaired) electrons. The summed E-state index contributed by atoms with van der Waals surface area (Å²) in [6, 6.07) is 12.9. The molecule has 1 N–H and O–H groups in total. The number of hydroxylamine groups is 2. The van der Waals surface area contributed by atoms with Crippen LogP contribution in [0, 0.1) is 0 Å². The molecule has 0 spiro atoms. The molecule has 7 nitrogen and oxygen atoms in total. The maximum atomic E-state index is 12.8. The summed E-state index contributed by atoms with van der Waals surface area (Å²) in [6.07, 6.45) is 1.33. The molecule has 8 heteroatoms. The van der Waals surface area contributed by atoms with Gasteiger partial charge in [-0.15, -0.1) is 0 Å². The zero-order valence-corrected chi connectivity index (χ0v) is 15.7. The van der Waals surface area contributed by atoms with Crippen LogP contribution in [0.5, 0.6) is 17.2 Å². The lowest BCUT2D eigenvalue weighted by atomic mass is 10.2. The van der Waals surface area contributed by atoms with Crippen LogP contribution in [0.1, 0.15) is 19.3 Å². The zero-order chi connectivity index (χ0) is 19.4. The zero-order valence-electron chi connectivity index (χ0n) is 14.9. The molecular weight excluding hydrogens is 370 g/mol. The number of ether oxygens (including phenoxy) is 2. The van der Waals surface area contributed by atoms with Gasteiger partial charge in [-0.1, -0.05) is 0 Å². The lowest BCUT2D eigenvalue weighted by Crippen LogP contribution is -2.39. The molecule has 1 heterocycles. The molecule has 0 aromatic heterocycles. The molecule has 2 aromatic rings. The molecular formula is C19H21NO6S. The van der Waals surface area contributed by atoms with Crippen molar-refractivity contribution in [2.75, 3.05) is 13.7 Å². The number of hydrogen-bond acceptors (Lipinski definition) is 6. The SMILES string of the molecule is COc1ccc(Oc2ccc(S(=O)(=O)C3CCCCN(O)C3=O)cc2)cc1. The Bertz CT molecular complexity index is 893. The summed E-state index contributed by atoms with van der Waals surface area (Å²) in [7, 11) is -2.32. The molecule has 1 aliphatic heterocycles. The van der Waals surface area contributed by atoms with Gasteiger partial charge in [0.1, 0.15) is 22.5 Å². The average Bonchev–Trinajstić information content (AvgIpc) is 2.84. The van der Waals surface area contributed by atoms with Crippen LogP contribution in [-0.4, -0.2) is 43.5 Å². The Hall–Kier alpha value is -2.58. The number of methoxy groups -OCH3 is 1. The van der Waals surface area contributed by atoms with Crippen molar-refractivity contribution in [3.05, 3.63) is 48.5 Å². The number of nitrogens with zero attached hydrogens (tertiary/aromatic N) is 1. The fourth-order valence-electron chi connectivity index (χ4n) is 2.92. The van der Waals surface area contributed by atoms with Crippen molar-refractivity contribution in [3.8, 4) is 17.2 Å². The fraction of sp³-hybridized carbons (Fsp3) is 0.316. The summed E-state index contributed by atoms with van der Waals surface area (Å²) < 4.78 is 36.4. The van der Waals surface area contributed by atoms with Crippen molar-refractivity contribution in [2.24, 2.45) is 0 Å². The van der Waals surface area contributed by atoms with E-state index < -0.39 is 21.0 Å². The number of sulfone groups is 1. The molecule has 1 saturated heterocycles. The molecule has 1 aliphatic rings. The van der Waals surface area contributed by atoms with Gasteiger partial charge in [0.2, 0.25) is 0 Å². The summed E-state index contributed by atoms with van der Waals surface area (Å²) in [4.78, 5) is 12.2. The number of hydrogen-bond donors (Lipinski definition) is 1. The smallest absolute Gasteiger partial charge is 0.264 e. The molecule has 1 unspecified atom stereocenters. The standard InChI is InChI=1S/C19H21NO6S/c1-25-14-5-7-15(8-6-14)26-16-9-11-17(12-10-16)27(23,24)18-4-2-3-13-20(22)19(18)21/h5-12,18,22H,2-4,13H2,1H3. The normalized spacial score (nSPS) is 18.1. The maximum absolute atomic E-state index is 12.8. The minimum atomic E-state index is -3.89. The van der Waals surface area contributed by atoms with Crippen LogP contribution < -0.4 is 9.47 Å². The summed E-state index contributed by atoms with van der Waals surface area (Å²) in [5, 5.41) is 8.92. The summed E-state index contributed by atoms with van der Waals surface area (Å²) >= 11 is 0. The van der Waals surface area contributed by atoms with Gasteiger partial charge in [0, 0.05) is 6.54 Å². The van der Waals surface area contributed by atoms with E-state index in [0.29, 0.717) is 35.2 Å². The summed E-state index contributed by atoms with van der Waals surface area (Å²) in [5.41, 5.74) is 0. The van der Waals surface area contributed by atoms with Crippen molar-refractivity contribution >= 4 is 15.7 Å². The van der Waals surface area contributed by atoms with Gasteiger partial charge in [0.15, 0.2) is 9.84 Å².